The highest BCUT2D eigenvalue weighted by Gasteiger charge is 2.08. The van der Waals surface area contributed by atoms with E-state index in [4.69, 9.17) is 0 Å². The number of rotatable bonds is 2. The predicted molar refractivity (Wildman–Crippen MR) is 53.0 cm³/mol. The molecule has 0 nitrogen and oxygen atoms in total. The van der Waals surface area contributed by atoms with Crippen LogP contribution in [0.1, 0.15) is 24.7 Å². The van der Waals surface area contributed by atoms with Gasteiger partial charge in [0.05, 0.1) is 0 Å². The number of thiol groups is 1. The Hall–Kier alpha value is -0.430. The first-order valence-corrected chi connectivity index (χ1v) is 4.46. The van der Waals surface area contributed by atoms with Crippen LogP contribution < -0.4 is 0 Å². The van der Waals surface area contributed by atoms with Gasteiger partial charge in [-0.1, -0.05) is 44.2 Å². The summed E-state index contributed by atoms with van der Waals surface area (Å²) in [5.41, 5.74) is 1.31. The van der Waals surface area contributed by atoms with Crippen LogP contribution in [0.2, 0.25) is 0 Å². The van der Waals surface area contributed by atoms with Crippen molar-refractivity contribution in [2.75, 3.05) is 0 Å². The Morgan fingerprint density at radius 3 is 2.09 bits per heavy atom. The summed E-state index contributed by atoms with van der Waals surface area (Å²) >= 11 is 4.51. The van der Waals surface area contributed by atoms with E-state index in [1.54, 1.807) is 0 Å². The molecule has 1 rings (SSSR count). The minimum Gasteiger partial charge on any atom is -0.171 e. The van der Waals surface area contributed by atoms with Gasteiger partial charge in [-0.05, 0) is 11.5 Å². The summed E-state index contributed by atoms with van der Waals surface area (Å²) in [5.74, 6) is 0.598. The summed E-state index contributed by atoms with van der Waals surface area (Å²) in [6, 6.07) is 10.4. The minimum atomic E-state index is 0.371. The molecule has 0 fully saturated rings. The van der Waals surface area contributed by atoms with Crippen LogP contribution in [0.5, 0.6) is 0 Å². The molecule has 0 aliphatic rings. The third-order valence-corrected chi connectivity index (χ3v) is 2.67. The zero-order valence-corrected chi connectivity index (χ0v) is 7.88. The van der Waals surface area contributed by atoms with Crippen LogP contribution in [0, 0.1) is 5.92 Å². The molecule has 1 aromatic rings. The first-order valence-electron chi connectivity index (χ1n) is 3.95. The van der Waals surface area contributed by atoms with E-state index in [1.165, 1.54) is 5.56 Å². The molecule has 0 aromatic heterocycles. The fourth-order valence-corrected chi connectivity index (χ4v) is 1.21. The van der Waals surface area contributed by atoms with Crippen molar-refractivity contribution in [1.29, 1.82) is 0 Å². The van der Waals surface area contributed by atoms with Crippen LogP contribution in [0.4, 0.5) is 0 Å². The second-order valence-electron chi connectivity index (χ2n) is 3.10. The lowest BCUT2D eigenvalue weighted by Gasteiger charge is -2.14. The monoisotopic (exact) mass is 166 g/mol. The van der Waals surface area contributed by atoms with Crippen molar-refractivity contribution in [2.24, 2.45) is 5.92 Å². The van der Waals surface area contributed by atoms with Crippen molar-refractivity contribution in [3.63, 3.8) is 0 Å². The largest absolute Gasteiger partial charge is 0.171 e. The summed E-state index contributed by atoms with van der Waals surface area (Å²) in [5, 5.41) is 0.371. The van der Waals surface area contributed by atoms with Gasteiger partial charge in [0.2, 0.25) is 0 Å². The van der Waals surface area contributed by atoms with Gasteiger partial charge in [-0.15, -0.1) is 0 Å². The number of benzene rings is 1. The average molecular weight is 166 g/mol. The van der Waals surface area contributed by atoms with Crippen molar-refractivity contribution in [3.05, 3.63) is 35.9 Å². The average Bonchev–Trinajstić information content (AvgIpc) is 2.05. The summed E-state index contributed by atoms with van der Waals surface area (Å²) in [6.07, 6.45) is 0. The first-order chi connectivity index (χ1) is 5.22. The van der Waals surface area contributed by atoms with E-state index in [0.717, 1.165) is 0 Å². The fraction of sp³-hybridized carbons (Fsp3) is 0.400. The third-order valence-electron chi connectivity index (χ3n) is 1.77. The highest BCUT2D eigenvalue weighted by molar-refractivity contribution is 7.80. The molecule has 0 heterocycles. The molecule has 60 valence electrons. The van der Waals surface area contributed by atoms with Crippen molar-refractivity contribution >= 4 is 12.6 Å². The zero-order chi connectivity index (χ0) is 8.27. The van der Waals surface area contributed by atoms with Gasteiger partial charge in [0.1, 0.15) is 0 Å². The molecular formula is C10H14S. The van der Waals surface area contributed by atoms with E-state index in [9.17, 15) is 0 Å². The molecule has 0 saturated heterocycles. The Labute approximate surface area is 74.0 Å². The maximum Gasteiger partial charge on any atom is 0.0290 e. The van der Waals surface area contributed by atoms with Gasteiger partial charge in [0.15, 0.2) is 0 Å². The highest BCUT2D eigenvalue weighted by Crippen LogP contribution is 2.27. The Bertz CT molecular complexity index is 203. The molecule has 11 heavy (non-hydrogen) atoms. The molecule has 0 amide bonds. The summed E-state index contributed by atoms with van der Waals surface area (Å²) in [7, 11) is 0. The number of hydrogen-bond acceptors (Lipinski definition) is 1. The highest BCUT2D eigenvalue weighted by atomic mass is 32.1. The topological polar surface area (TPSA) is 0 Å². The van der Waals surface area contributed by atoms with E-state index in [0.29, 0.717) is 11.2 Å². The molecule has 1 aromatic carbocycles. The second-order valence-corrected chi connectivity index (χ2v) is 3.66. The standard InChI is InChI=1S/C10H14S/c1-8(2)10(11)9-6-4-3-5-7-9/h3-8,10-11H,1-2H3/t10-/m0/s1. The van der Waals surface area contributed by atoms with E-state index >= 15 is 0 Å². The van der Waals surface area contributed by atoms with E-state index < -0.39 is 0 Å². The maximum absolute atomic E-state index is 4.51. The quantitative estimate of drug-likeness (QED) is 0.640. The van der Waals surface area contributed by atoms with Crippen LogP contribution in [-0.2, 0) is 0 Å². The molecule has 0 unspecified atom stereocenters. The summed E-state index contributed by atoms with van der Waals surface area (Å²) in [6.45, 7) is 4.37. The van der Waals surface area contributed by atoms with Gasteiger partial charge >= 0.3 is 0 Å². The maximum atomic E-state index is 4.51. The molecule has 0 aliphatic carbocycles. The van der Waals surface area contributed by atoms with Crippen molar-refractivity contribution in [3.8, 4) is 0 Å². The molecular weight excluding hydrogens is 152 g/mol. The van der Waals surface area contributed by atoms with Crippen LogP contribution in [-0.4, -0.2) is 0 Å². The summed E-state index contributed by atoms with van der Waals surface area (Å²) in [4.78, 5) is 0. The predicted octanol–water partition coefficient (Wildman–Crippen LogP) is 3.31. The number of hydrogen-bond donors (Lipinski definition) is 1. The van der Waals surface area contributed by atoms with Crippen molar-refractivity contribution in [1.82, 2.24) is 0 Å². The minimum absolute atomic E-state index is 0.371. The Morgan fingerprint density at radius 2 is 1.64 bits per heavy atom. The van der Waals surface area contributed by atoms with Gasteiger partial charge in [-0.25, -0.2) is 0 Å². The lowest BCUT2D eigenvalue weighted by atomic mass is 10.0. The molecule has 0 N–H and O–H groups in total. The van der Waals surface area contributed by atoms with Gasteiger partial charge in [-0.3, -0.25) is 0 Å². The van der Waals surface area contributed by atoms with E-state index in [2.05, 4.69) is 50.7 Å². The molecule has 0 aliphatic heterocycles. The van der Waals surface area contributed by atoms with Crippen LogP contribution >= 0.6 is 12.6 Å². The van der Waals surface area contributed by atoms with Gasteiger partial charge in [0, 0.05) is 5.25 Å². The lowest BCUT2D eigenvalue weighted by molar-refractivity contribution is 0.636. The molecule has 1 heteroatoms. The zero-order valence-electron chi connectivity index (χ0n) is 6.99. The smallest absolute Gasteiger partial charge is 0.0290 e. The first kappa shape index (κ1) is 8.66. The van der Waals surface area contributed by atoms with Crippen molar-refractivity contribution < 1.29 is 0 Å². The fourth-order valence-electron chi connectivity index (χ4n) is 1.04. The third kappa shape index (κ3) is 2.26. The van der Waals surface area contributed by atoms with Gasteiger partial charge in [0.25, 0.3) is 0 Å². The second kappa shape index (κ2) is 3.82. The Morgan fingerprint density at radius 1 is 1.09 bits per heavy atom. The van der Waals surface area contributed by atoms with E-state index in [-0.39, 0.29) is 0 Å². The molecule has 0 saturated carbocycles. The van der Waals surface area contributed by atoms with Gasteiger partial charge in [-0.2, -0.15) is 12.6 Å². The SMILES string of the molecule is CC(C)[C@H](S)c1ccccc1. The van der Waals surface area contributed by atoms with Crippen LogP contribution in [0.3, 0.4) is 0 Å². The van der Waals surface area contributed by atoms with Crippen LogP contribution in [0.25, 0.3) is 0 Å². The molecule has 1 atom stereocenters. The van der Waals surface area contributed by atoms with E-state index in [1.807, 2.05) is 6.07 Å². The normalized spacial score (nSPS) is 13.5. The van der Waals surface area contributed by atoms with Crippen molar-refractivity contribution in [2.45, 2.75) is 19.1 Å². The Balaban J connectivity index is 2.77. The van der Waals surface area contributed by atoms with Crippen LogP contribution in [0.15, 0.2) is 30.3 Å². The lowest BCUT2D eigenvalue weighted by Crippen LogP contribution is -1.98. The molecule has 0 bridgehead atoms. The molecule has 0 radical (unpaired) electrons. The Kier molecular flexibility index (Phi) is 3.01. The summed E-state index contributed by atoms with van der Waals surface area (Å²) < 4.78 is 0. The molecule has 0 spiro atoms. The van der Waals surface area contributed by atoms with Gasteiger partial charge < -0.3 is 0 Å².